The quantitative estimate of drug-likeness (QED) is 0.826. The van der Waals surface area contributed by atoms with Gasteiger partial charge in [0, 0.05) is 0 Å². The first kappa shape index (κ1) is 14.1. The molecule has 0 amide bonds. The molecule has 0 saturated carbocycles. The van der Waals surface area contributed by atoms with E-state index in [1.165, 1.54) is 0 Å². The van der Waals surface area contributed by atoms with Crippen molar-refractivity contribution in [2.75, 3.05) is 5.73 Å². The third-order valence-corrected chi connectivity index (χ3v) is 2.01. The predicted octanol–water partition coefficient (Wildman–Crippen LogP) is 2.25. The molecule has 0 bridgehead atoms. The Morgan fingerprint density at radius 2 is 2.00 bits per heavy atom. The van der Waals surface area contributed by atoms with Gasteiger partial charge in [-0.05, 0) is 11.6 Å². The van der Waals surface area contributed by atoms with Gasteiger partial charge in [0.25, 0.3) is 6.43 Å². The van der Waals surface area contributed by atoms with Crippen molar-refractivity contribution in [3.8, 4) is 0 Å². The van der Waals surface area contributed by atoms with Gasteiger partial charge in [-0.25, -0.2) is 13.8 Å². The average Bonchev–Trinajstić information content (AvgIpc) is 2.18. The summed E-state index contributed by atoms with van der Waals surface area (Å²) in [5, 5.41) is 8.47. The number of carboxylic acids is 1. The van der Waals surface area contributed by atoms with Crippen molar-refractivity contribution in [3.05, 3.63) is 23.0 Å². The standard InChI is InChI=1S/C9H7F5N2O2/c10-8(11)7-6(15)3(2-5(17)18)1-4(16-7)9(12,13)14/h1,8H,2,15H2,(H,17,18). The summed E-state index contributed by atoms with van der Waals surface area (Å²) >= 11 is 0. The van der Waals surface area contributed by atoms with Crippen LogP contribution in [0.15, 0.2) is 6.07 Å². The molecule has 9 heteroatoms. The molecule has 0 atom stereocenters. The molecule has 0 aliphatic carbocycles. The Morgan fingerprint density at radius 3 is 2.39 bits per heavy atom. The largest absolute Gasteiger partial charge is 0.481 e. The van der Waals surface area contributed by atoms with Gasteiger partial charge in [0.1, 0.15) is 11.4 Å². The normalized spacial score (nSPS) is 11.9. The van der Waals surface area contributed by atoms with E-state index < -0.39 is 47.6 Å². The maximum Gasteiger partial charge on any atom is 0.433 e. The second-order valence-corrected chi connectivity index (χ2v) is 3.33. The zero-order chi connectivity index (χ0) is 14.1. The van der Waals surface area contributed by atoms with Crippen LogP contribution in [-0.4, -0.2) is 16.1 Å². The lowest BCUT2D eigenvalue weighted by molar-refractivity contribution is -0.142. The van der Waals surface area contributed by atoms with E-state index in [1.807, 2.05) is 0 Å². The number of rotatable bonds is 3. The number of hydrogen-bond acceptors (Lipinski definition) is 3. The fraction of sp³-hybridized carbons (Fsp3) is 0.333. The molecular formula is C9H7F5N2O2. The third kappa shape index (κ3) is 3.05. The maximum atomic E-state index is 12.5. The van der Waals surface area contributed by atoms with Gasteiger partial charge in [0.05, 0.1) is 12.1 Å². The molecule has 0 aliphatic heterocycles. The highest BCUT2D eigenvalue weighted by molar-refractivity contribution is 5.73. The average molecular weight is 270 g/mol. The second kappa shape index (κ2) is 4.75. The highest BCUT2D eigenvalue weighted by atomic mass is 19.4. The Labute approximate surface area is 97.2 Å². The van der Waals surface area contributed by atoms with E-state index in [9.17, 15) is 26.7 Å². The molecule has 1 heterocycles. The molecule has 0 saturated heterocycles. The van der Waals surface area contributed by atoms with Crippen LogP contribution in [0.4, 0.5) is 27.6 Å². The molecule has 4 nitrogen and oxygen atoms in total. The van der Waals surface area contributed by atoms with E-state index in [1.54, 1.807) is 0 Å². The van der Waals surface area contributed by atoms with Crippen LogP contribution in [0, 0.1) is 0 Å². The van der Waals surface area contributed by atoms with E-state index in [0.717, 1.165) is 0 Å². The first-order valence-electron chi connectivity index (χ1n) is 4.49. The van der Waals surface area contributed by atoms with Crippen LogP contribution in [0.2, 0.25) is 0 Å². The molecule has 0 unspecified atom stereocenters. The van der Waals surface area contributed by atoms with Crippen molar-refractivity contribution in [2.45, 2.75) is 19.0 Å². The summed E-state index contributed by atoms with van der Waals surface area (Å²) < 4.78 is 62.1. The third-order valence-electron chi connectivity index (χ3n) is 2.01. The number of nitrogens with two attached hydrogens (primary N) is 1. The summed E-state index contributed by atoms with van der Waals surface area (Å²) in [6.45, 7) is 0. The molecule has 18 heavy (non-hydrogen) atoms. The van der Waals surface area contributed by atoms with Gasteiger partial charge >= 0.3 is 12.1 Å². The fourth-order valence-corrected chi connectivity index (χ4v) is 1.25. The number of aliphatic carboxylic acids is 1. The summed E-state index contributed by atoms with van der Waals surface area (Å²) in [7, 11) is 0. The van der Waals surface area contributed by atoms with Gasteiger partial charge in [0.2, 0.25) is 0 Å². The van der Waals surface area contributed by atoms with E-state index >= 15 is 0 Å². The van der Waals surface area contributed by atoms with Crippen LogP contribution in [0.3, 0.4) is 0 Å². The number of halogens is 5. The van der Waals surface area contributed by atoms with Crippen LogP contribution in [-0.2, 0) is 17.4 Å². The lowest BCUT2D eigenvalue weighted by Gasteiger charge is -2.13. The van der Waals surface area contributed by atoms with Gasteiger partial charge < -0.3 is 10.8 Å². The van der Waals surface area contributed by atoms with Gasteiger partial charge in [-0.1, -0.05) is 0 Å². The molecular weight excluding hydrogens is 263 g/mol. The van der Waals surface area contributed by atoms with E-state index in [2.05, 4.69) is 4.98 Å². The van der Waals surface area contributed by atoms with Gasteiger partial charge in [0.15, 0.2) is 0 Å². The van der Waals surface area contributed by atoms with Crippen LogP contribution in [0.5, 0.6) is 0 Å². The summed E-state index contributed by atoms with van der Waals surface area (Å²) in [5.41, 5.74) is 1.04. The minimum absolute atomic E-state index is 0.356. The molecule has 0 radical (unpaired) electrons. The molecule has 0 aromatic carbocycles. The predicted molar refractivity (Wildman–Crippen MR) is 49.9 cm³/mol. The van der Waals surface area contributed by atoms with Crippen LogP contribution >= 0.6 is 0 Å². The summed E-state index contributed by atoms with van der Waals surface area (Å²) in [4.78, 5) is 13.1. The number of pyridine rings is 1. The van der Waals surface area contributed by atoms with E-state index in [4.69, 9.17) is 10.8 Å². The minimum Gasteiger partial charge on any atom is -0.481 e. The lowest BCUT2D eigenvalue weighted by atomic mass is 10.1. The van der Waals surface area contributed by atoms with Crippen LogP contribution < -0.4 is 5.73 Å². The van der Waals surface area contributed by atoms with Crippen LogP contribution in [0.1, 0.15) is 23.4 Å². The van der Waals surface area contributed by atoms with E-state index in [0.29, 0.717) is 6.07 Å². The van der Waals surface area contributed by atoms with Gasteiger partial charge in [-0.3, -0.25) is 4.79 Å². The van der Waals surface area contributed by atoms with Crippen molar-refractivity contribution in [3.63, 3.8) is 0 Å². The Kier molecular flexibility index (Phi) is 3.73. The summed E-state index contributed by atoms with van der Waals surface area (Å²) in [6, 6.07) is 0.356. The molecule has 1 aromatic heterocycles. The number of aromatic nitrogens is 1. The Hall–Kier alpha value is -1.93. The van der Waals surface area contributed by atoms with E-state index in [-0.39, 0.29) is 0 Å². The zero-order valence-electron chi connectivity index (χ0n) is 8.63. The molecule has 0 spiro atoms. The Balaban J connectivity index is 3.41. The highest BCUT2D eigenvalue weighted by Gasteiger charge is 2.35. The van der Waals surface area contributed by atoms with Crippen molar-refractivity contribution < 1.29 is 31.9 Å². The molecule has 100 valence electrons. The number of nitrogens with zero attached hydrogens (tertiary/aromatic N) is 1. The number of carboxylic acid groups (broad SMARTS) is 1. The van der Waals surface area contributed by atoms with Crippen LogP contribution in [0.25, 0.3) is 0 Å². The monoisotopic (exact) mass is 270 g/mol. The Bertz CT molecular complexity index is 473. The Morgan fingerprint density at radius 1 is 1.44 bits per heavy atom. The number of carbonyl (C=O) groups is 1. The first-order chi connectivity index (χ1) is 8.12. The van der Waals surface area contributed by atoms with Gasteiger partial charge in [-0.2, -0.15) is 13.2 Å². The van der Waals surface area contributed by atoms with Crippen molar-refractivity contribution in [1.82, 2.24) is 4.98 Å². The number of hydrogen-bond donors (Lipinski definition) is 2. The highest BCUT2D eigenvalue weighted by Crippen LogP contribution is 2.34. The maximum absolute atomic E-state index is 12.5. The lowest BCUT2D eigenvalue weighted by Crippen LogP contribution is -2.15. The van der Waals surface area contributed by atoms with Crippen molar-refractivity contribution in [1.29, 1.82) is 0 Å². The fourth-order valence-electron chi connectivity index (χ4n) is 1.25. The van der Waals surface area contributed by atoms with Gasteiger partial charge in [-0.15, -0.1) is 0 Å². The topological polar surface area (TPSA) is 76.2 Å². The SMILES string of the molecule is Nc1c(CC(=O)O)cc(C(F)(F)F)nc1C(F)F. The minimum atomic E-state index is -4.95. The molecule has 0 fully saturated rings. The molecule has 3 N–H and O–H groups in total. The number of nitrogen functional groups attached to an aromatic ring is 1. The smallest absolute Gasteiger partial charge is 0.433 e. The zero-order valence-corrected chi connectivity index (χ0v) is 8.63. The van der Waals surface area contributed by atoms with Crippen molar-refractivity contribution in [2.24, 2.45) is 0 Å². The first-order valence-corrected chi connectivity index (χ1v) is 4.49. The number of anilines is 1. The molecule has 0 aliphatic rings. The summed E-state index contributed by atoms with van der Waals surface area (Å²) in [6.07, 6.45) is -9.17. The molecule has 1 rings (SSSR count). The summed E-state index contributed by atoms with van der Waals surface area (Å²) in [5.74, 6) is -1.48. The molecule has 1 aromatic rings. The number of alkyl halides is 5. The second-order valence-electron chi connectivity index (χ2n) is 3.33. The van der Waals surface area contributed by atoms with Crippen molar-refractivity contribution >= 4 is 11.7 Å².